The minimum Gasteiger partial charge on any atom is -0.508 e. The molecule has 0 aromatic heterocycles. The molecule has 6 aliphatic rings. The van der Waals surface area contributed by atoms with Crippen LogP contribution in [0.1, 0.15) is 168 Å². The van der Waals surface area contributed by atoms with Crippen LogP contribution in [0.5, 0.6) is 5.75 Å². The lowest BCUT2D eigenvalue weighted by Crippen LogP contribution is -2.68. The third kappa shape index (κ3) is 14.9. The maximum absolute atomic E-state index is 14.6. The van der Waals surface area contributed by atoms with E-state index in [1.54, 1.807) is 37.3 Å². The van der Waals surface area contributed by atoms with Gasteiger partial charge in [-0.3, -0.25) is 9.59 Å². The second-order valence-corrected chi connectivity index (χ2v) is 25.3. The molecule has 0 amide bonds. The van der Waals surface area contributed by atoms with Gasteiger partial charge in [-0.2, -0.15) is 0 Å². The summed E-state index contributed by atoms with van der Waals surface area (Å²) in [5.74, 6) is 2.49. The summed E-state index contributed by atoms with van der Waals surface area (Å²) >= 11 is 0. The first kappa shape index (κ1) is 63.8. The Bertz CT molecular complexity index is 2860. The highest BCUT2D eigenvalue weighted by Gasteiger charge is 2.56. The first-order valence-corrected chi connectivity index (χ1v) is 30.6. The third-order valence-corrected chi connectivity index (χ3v) is 19.6. The van der Waals surface area contributed by atoms with Crippen molar-refractivity contribution in [3.63, 3.8) is 0 Å². The van der Waals surface area contributed by atoms with Gasteiger partial charge in [-0.15, -0.1) is 0 Å². The van der Waals surface area contributed by atoms with Crippen molar-refractivity contribution < 1.29 is 65.8 Å². The summed E-state index contributed by atoms with van der Waals surface area (Å²) in [4.78, 5) is 26.5. The first-order valence-electron chi connectivity index (χ1n) is 30.6. The van der Waals surface area contributed by atoms with Gasteiger partial charge in [-0.05, 0) is 184 Å². The van der Waals surface area contributed by atoms with E-state index in [4.69, 9.17) is 0 Å². The molecule has 3 aromatic rings. The molecule has 0 spiro atoms. The van der Waals surface area contributed by atoms with Crippen molar-refractivity contribution in [1.29, 1.82) is 0 Å². The number of aromatic hydroxyl groups is 1. The molecule has 13 N–H and O–H groups in total. The molecule has 9 rings (SSSR count). The zero-order valence-electron chi connectivity index (χ0n) is 48.8. The fourth-order valence-corrected chi connectivity index (χ4v) is 14.9. The van der Waals surface area contributed by atoms with Crippen molar-refractivity contribution in [2.45, 2.75) is 215 Å². The number of fused-ring (bicyclic) bond motifs is 7. The highest BCUT2D eigenvalue weighted by Crippen LogP contribution is 2.51. The van der Waals surface area contributed by atoms with Gasteiger partial charge in [0.1, 0.15) is 5.75 Å². The van der Waals surface area contributed by atoms with Gasteiger partial charge in [0.05, 0.1) is 60.1 Å². The maximum Gasteiger partial charge on any atom is 0.309 e. The number of aliphatic hydroxyl groups excluding tert-OH is 7. The molecule has 15 nitrogen and oxygen atoms in total. The standard InChI is InChI=1S/C68H92N2O13/c1-4-5-14-58(75)59(76)27-22-46-19-18-45-12-7-6-11-44(45)13-10-32-68(66(3,83)63-47(29-33-71)20-21-49-35-51(73)23-25-53(49)63)39-43-16-17-48(50(34-43)40-67(65(81)82)30-8-9-31-67)36-61(78)54-24-15-42(2)69-64(56(54)38-62(79)80)60(77)28-26-57(70-68)55(46)37-52(74)41-72/h6-7,11-12,16-17,20-23,25,27,34-35,42,47,52,54,56-61,63-64,69-78,83H,4-5,8-9,14-15,18-19,24,26,28-33,36-41H2,1-3H3,(H,79,80)(H,81,82)/b27-22+,55-46+/t42-,47+,52+,54-,56-,57-,58+,59-,60-,61-,63+,64-,66+,68-/m1/s1. The highest BCUT2D eigenvalue weighted by atomic mass is 16.4. The summed E-state index contributed by atoms with van der Waals surface area (Å²) in [6, 6.07) is 16.8. The van der Waals surface area contributed by atoms with Gasteiger partial charge in [0.2, 0.25) is 0 Å². The number of aliphatic carboxylic acids is 2. The van der Waals surface area contributed by atoms with E-state index >= 15 is 0 Å². The Hall–Kier alpha value is -5.22. The summed E-state index contributed by atoms with van der Waals surface area (Å²) in [5, 5.41) is 137. The largest absolute Gasteiger partial charge is 0.508 e. The van der Waals surface area contributed by atoms with E-state index in [0.717, 1.165) is 36.0 Å². The van der Waals surface area contributed by atoms with Gasteiger partial charge in [0.15, 0.2) is 0 Å². The fourth-order valence-electron chi connectivity index (χ4n) is 14.9. The lowest BCUT2D eigenvalue weighted by molar-refractivity contribution is -0.148. The summed E-state index contributed by atoms with van der Waals surface area (Å²) in [5.41, 5.74) is 1.87. The van der Waals surface area contributed by atoms with E-state index in [0.29, 0.717) is 84.8 Å². The molecule has 83 heavy (non-hydrogen) atoms. The number of hydrogen-bond donors (Lipinski definition) is 13. The molecule has 4 aliphatic heterocycles. The molecule has 0 unspecified atom stereocenters. The SMILES string of the molecule is CCCC[C@H](O)[C@H](O)/C=C/C1=C(\C[C@H](O)CO)[C@H]2CC[C@@H](O)[C@@H]3N[C@H](C)CC[C@H]([C@H]3CC(=O)O)[C@H](O)Cc3ccc(cc3CC3(C(=O)O)CCCC3)C[C@@]([C@@](C)(O)[C@@H]3c4ccc(O)cc4C=C[C@H]3CCO)(CC#Cc3ccccc3CC1)N2. The number of carbonyl (C=O) groups is 2. The van der Waals surface area contributed by atoms with Crippen LogP contribution >= 0.6 is 0 Å². The number of hydrogen-bond acceptors (Lipinski definition) is 13. The predicted molar refractivity (Wildman–Crippen MR) is 319 cm³/mol. The summed E-state index contributed by atoms with van der Waals surface area (Å²) in [7, 11) is 0. The molecular weight excluding hydrogens is 1050 g/mol. The molecule has 4 heterocycles. The molecule has 3 aromatic carbocycles. The smallest absolute Gasteiger partial charge is 0.309 e. The van der Waals surface area contributed by atoms with Crippen LogP contribution in [0.25, 0.3) is 6.08 Å². The van der Waals surface area contributed by atoms with Crippen molar-refractivity contribution in [2.75, 3.05) is 13.2 Å². The number of rotatable bonds is 18. The zero-order valence-corrected chi connectivity index (χ0v) is 48.8. The lowest BCUT2D eigenvalue weighted by atomic mass is 9.59. The van der Waals surface area contributed by atoms with E-state index in [2.05, 4.69) is 22.5 Å². The Morgan fingerprint density at radius 1 is 0.928 bits per heavy atom. The molecule has 2 aliphatic carbocycles. The Balaban J connectivity index is 1.47. The van der Waals surface area contributed by atoms with Crippen LogP contribution in [-0.4, -0.2) is 141 Å². The van der Waals surface area contributed by atoms with E-state index < -0.39 is 101 Å². The lowest BCUT2D eigenvalue weighted by Gasteiger charge is -2.54. The number of unbranched alkanes of at least 4 members (excludes halogenated alkanes) is 1. The van der Waals surface area contributed by atoms with Crippen LogP contribution in [0.2, 0.25) is 0 Å². The van der Waals surface area contributed by atoms with Crippen LogP contribution in [0, 0.1) is 35.0 Å². The number of phenolic OH excluding ortho intramolecular Hbond substituents is 1. The molecule has 6 bridgehead atoms. The normalized spacial score (nSPS) is 30.3. The number of benzene rings is 3. The van der Waals surface area contributed by atoms with Crippen molar-refractivity contribution in [1.82, 2.24) is 10.6 Å². The van der Waals surface area contributed by atoms with Crippen molar-refractivity contribution in [2.24, 2.45) is 23.2 Å². The molecule has 0 radical (unpaired) electrons. The monoisotopic (exact) mass is 1140 g/mol. The number of allylic oxidation sites excluding steroid dienone is 3. The number of carboxylic acid groups (broad SMARTS) is 2. The number of nitrogens with one attached hydrogen (secondary N) is 2. The Morgan fingerprint density at radius 2 is 1.70 bits per heavy atom. The quantitative estimate of drug-likeness (QED) is 0.0562. The number of aryl methyl sites for hydroxylation is 1. The first-order chi connectivity index (χ1) is 39.7. The Labute approximate surface area is 490 Å². The van der Waals surface area contributed by atoms with Crippen LogP contribution in [0.4, 0.5) is 0 Å². The minimum absolute atomic E-state index is 0.0250. The number of aliphatic hydroxyl groups is 8. The number of phenols is 1. The summed E-state index contributed by atoms with van der Waals surface area (Å²) in [6.45, 7) is 4.92. The molecule has 1 saturated heterocycles. The highest BCUT2D eigenvalue weighted by molar-refractivity contribution is 5.75. The third-order valence-electron chi connectivity index (χ3n) is 19.6. The van der Waals surface area contributed by atoms with Gasteiger partial charge in [-0.25, -0.2) is 0 Å². The van der Waals surface area contributed by atoms with E-state index in [1.807, 2.05) is 68.5 Å². The van der Waals surface area contributed by atoms with Gasteiger partial charge < -0.3 is 66.8 Å². The van der Waals surface area contributed by atoms with Crippen molar-refractivity contribution in [3.8, 4) is 17.6 Å². The number of carboxylic acids is 2. The zero-order chi connectivity index (χ0) is 59.6. The van der Waals surface area contributed by atoms with E-state index in [9.17, 15) is 65.8 Å². The second-order valence-electron chi connectivity index (χ2n) is 25.3. The molecule has 14 atom stereocenters. The topological polar surface area (TPSA) is 281 Å². The van der Waals surface area contributed by atoms with Gasteiger partial charge >= 0.3 is 11.9 Å². The molecule has 2 fully saturated rings. The Morgan fingerprint density at radius 3 is 2.42 bits per heavy atom. The molecule has 1 saturated carbocycles. The van der Waals surface area contributed by atoms with Gasteiger partial charge in [0, 0.05) is 42.6 Å². The molecule has 452 valence electrons. The van der Waals surface area contributed by atoms with Crippen LogP contribution in [0.15, 0.2) is 90.0 Å². The van der Waals surface area contributed by atoms with E-state index in [1.165, 1.54) is 0 Å². The van der Waals surface area contributed by atoms with Gasteiger partial charge in [-0.1, -0.05) is 111 Å². The summed E-state index contributed by atoms with van der Waals surface area (Å²) < 4.78 is 0. The molecular formula is C68H92N2O13. The van der Waals surface area contributed by atoms with Crippen molar-refractivity contribution >= 4 is 18.0 Å². The van der Waals surface area contributed by atoms with E-state index in [-0.39, 0.29) is 76.2 Å². The minimum atomic E-state index is -1.89. The van der Waals surface area contributed by atoms with Crippen LogP contribution in [-0.2, 0) is 35.3 Å². The van der Waals surface area contributed by atoms with Crippen LogP contribution in [0.3, 0.4) is 0 Å². The maximum atomic E-state index is 14.6. The average Bonchev–Trinajstić information content (AvgIpc) is 4.06. The average molecular weight is 1150 g/mol. The van der Waals surface area contributed by atoms with Crippen molar-refractivity contribution in [3.05, 3.63) is 129 Å². The molecule has 15 heteroatoms. The van der Waals surface area contributed by atoms with Gasteiger partial charge in [0.25, 0.3) is 0 Å². The Kier molecular flexibility index (Phi) is 21.8. The second kappa shape index (κ2) is 28.3. The summed E-state index contributed by atoms with van der Waals surface area (Å²) in [6.07, 6.45) is 7.47. The predicted octanol–water partition coefficient (Wildman–Crippen LogP) is 7.18. The van der Waals surface area contributed by atoms with Crippen LogP contribution < -0.4 is 10.6 Å². The fraction of sp³-hybridized carbons (Fsp3) is 0.588.